The minimum atomic E-state index is -2.66. The first kappa shape index (κ1) is 43.3. The molecule has 3 nitrogen and oxygen atoms in total. The quantitative estimate of drug-likeness (QED) is 0.0692. The van der Waals surface area contributed by atoms with E-state index in [-0.39, 0.29) is 0 Å². The van der Waals surface area contributed by atoms with E-state index in [1.165, 1.54) is 26.3 Å². The highest BCUT2D eigenvalue weighted by Crippen LogP contribution is 2.45. The van der Waals surface area contributed by atoms with E-state index in [2.05, 4.69) is 271 Å². The van der Waals surface area contributed by atoms with Gasteiger partial charge < -0.3 is 13.9 Å². The summed E-state index contributed by atoms with van der Waals surface area (Å²) in [6.45, 7) is 6.30. The average molecular weight is 927 g/mol. The molecule has 0 aliphatic carbocycles. The molecule has 0 bridgehead atoms. The van der Waals surface area contributed by atoms with Crippen LogP contribution in [0.4, 0.5) is 17.1 Å². The molecule has 0 saturated heterocycles. The number of aromatic nitrogens is 1. The van der Waals surface area contributed by atoms with Crippen LogP contribution in [0.1, 0.15) is 6.92 Å². The van der Waals surface area contributed by atoms with Crippen molar-refractivity contribution in [2.75, 3.05) is 4.90 Å². The summed E-state index contributed by atoms with van der Waals surface area (Å²) >= 11 is 0. The molecular weight excluding hydrogens is 877 g/mol. The number of furan rings is 1. The van der Waals surface area contributed by atoms with Gasteiger partial charge >= 0.3 is 0 Å². The van der Waals surface area contributed by atoms with Crippen LogP contribution in [0.2, 0.25) is 0 Å². The first-order valence-electron chi connectivity index (χ1n) is 24.3. The number of anilines is 3. The highest BCUT2D eigenvalue weighted by atomic mass is 28.3. The van der Waals surface area contributed by atoms with Crippen LogP contribution in [0.25, 0.3) is 71.7 Å². The SMILES string of the molecule is C=C/C(=C\C=C/C)n1c2ccccc2c2c(N(c3ccc(-c4ccc([Si](c5ccccc5)(c5ccccc5)c5ccccc5)cc4)cc3)c3cccc(-c4cccc5c4oc4ccccc45)c3)cccc21. The summed E-state index contributed by atoms with van der Waals surface area (Å²) in [5.41, 5.74) is 12.6. The normalized spacial score (nSPS) is 12.1. The van der Waals surface area contributed by atoms with E-state index in [0.717, 1.165) is 83.2 Å². The third-order valence-electron chi connectivity index (χ3n) is 14.1. The maximum atomic E-state index is 6.59. The molecule has 0 saturated carbocycles. The Labute approximate surface area is 415 Å². The summed E-state index contributed by atoms with van der Waals surface area (Å²) in [5.74, 6) is 0. The molecule has 0 aliphatic heterocycles. The smallest absolute Gasteiger partial charge is 0.179 e. The Morgan fingerprint density at radius 1 is 0.479 bits per heavy atom. The number of hydrogen-bond acceptors (Lipinski definition) is 2. The lowest BCUT2D eigenvalue weighted by atomic mass is 10.0. The van der Waals surface area contributed by atoms with E-state index < -0.39 is 8.07 Å². The fourth-order valence-electron chi connectivity index (χ4n) is 10.9. The molecule has 2 aromatic heterocycles. The van der Waals surface area contributed by atoms with Crippen molar-refractivity contribution in [2.24, 2.45) is 0 Å². The van der Waals surface area contributed by atoms with E-state index in [4.69, 9.17) is 4.42 Å². The Morgan fingerprint density at radius 2 is 1.03 bits per heavy atom. The number of fused-ring (bicyclic) bond motifs is 6. The summed E-state index contributed by atoms with van der Waals surface area (Å²) < 4.78 is 8.92. The average Bonchev–Trinajstić information content (AvgIpc) is 4.00. The van der Waals surface area contributed by atoms with Gasteiger partial charge in [0.25, 0.3) is 0 Å². The molecule has 71 heavy (non-hydrogen) atoms. The summed E-state index contributed by atoms with van der Waals surface area (Å²) in [6.07, 6.45) is 8.20. The van der Waals surface area contributed by atoms with E-state index in [0.29, 0.717) is 0 Å². The maximum Gasteiger partial charge on any atom is 0.179 e. The van der Waals surface area contributed by atoms with Crippen molar-refractivity contribution in [3.63, 3.8) is 0 Å². The molecular formula is C67H50N2OSi. The van der Waals surface area contributed by atoms with Gasteiger partial charge in [0.1, 0.15) is 11.2 Å². The van der Waals surface area contributed by atoms with Crippen LogP contribution in [-0.2, 0) is 0 Å². The molecule has 0 atom stereocenters. The Bertz CT molecular complexity index is 3840. The van der Waals surface area contributed by atoms with Gasteiger partial charge in [0.2, 0.25) is 0 Å². The summed E-state index contributed by atoms with van der Waals surface area (Å²) in [7, 11) is -2.66. The lowest BCUT2D eigenvalue weighted by Crippen LogP contribution is -2.74. The van der Waals surface area contributed by atoms with Gasteiger partial charge in [-0.25, -0.2) is 0 Å². The van der Waals surface area contributed by atoms with Crippen molar-refractivity contribution in [2.45, 2.75) is 6.92 Å². The fourth-order valence-corrected chi connectivity index (χ4v) is 15.6. The molecule has 10 aromatic carbocycles. The van der Waals surface area contributed by atoms with E-state index in [9.17, 15) is 0 Å². The van der Waals surface area contributed by atoms with Gasteiger partial charge in [0.15, 0.2) is 8.07 Å². The second-order valence-electron chi connectivity index (χ2n) is 18.0. The van der Waals surface area contributed by atoms with Crippen LogP contribution in [0, 0.1) is 0 Å². The second kappa shape index (κ2) is 18.5. The summed E-state index contributed by atoms with van der Waals surface area (Å²) in [6, 6.07) is 90.8. The van der Waals surface area contributed by atoms with Gasteiger partial charge in [0.05, 0.1) is 16.7 Å². The molecule has 0 N–H and O–H groups in total. The van der Waals surface area contributed by atoms with Crippen LogP contribution < -0.4 is 25.6 Å². The Hall–Kier alpha value is -8.96. The van der Waals surface area contributed by atoms with E-state index in [1.54, 1.807) is 0 Å². The topological polar surface area (TPSA) is 21.3 Å². The third-order valence-corrected chi connectivity index (χ3v) is 18.9. The zero-order valence-electron chi connectivity index (χ0n) is 39.5. The number of allylic oxidation sites excluding steroid dienone is 5. The standard InChI is InChI=1S/C67H50N2OSi/c1-3-5-23-51(4-2)69-62-35-17-15-32-61(62)66-63(36-21-37-64(66)69)68(53-24-19-22-50(47-53)58-33-20-34-60-59-31-16-18-38-65(59)70-67(58)60)52-43-39-48(40-44-52)49-41-45-57(46-42-49)71(54-25-9-6-10-26-54,55-27-11-7-12-28-55)56-29-13-8-14-30-56/h3-47H,2H2,1H3/b5-3-,51-23+. The van der Waals surface area contributed by atoms with E-state index in [1.807, 2.05) is 25.1 Å². The molecule has 12 aromatic rings. The lowest BCUT2D eigenvalue weighted by molar-refractivity contribution is 0.670. The molecule has 4 heteroatoms. The monoisotopic (exact) mass is 926 g/mol. The van der Waals surface area contributed by atoms with Crippen molar-refractivity contribution < 1.29 is 4.42 Å². The summed E-state index contributed by atoms with van der Waals surface area (Å²) in [5, 5.41) is 9.98. The fraction of sp³-hybridized carbons (Fsp3) is 0.0149. The number of para-hydroxylation sites is 3. The lowest BCUT2D eigenvalue weighted by Gasteiger charge is -2.34. The zero-order valence-corrected chi connectivity index (χ0v) is 40.5. The molecule has 0 amide bonds. The highest BCUT2D eigenvalue weighted by Gasteiger charge is 2.41. The summed E-state index contributed by atoms with van der Waals surface area (Å²) in [4.78, 5) is 2.41. The van der Waals surface area contributed by atoms with Gasteiger partial charge in [-0.05, 0) is 105 Å². The molecule has 0 spiro atoms. The van der Waals surface area contributed by atoms with Crippen LogP contribution in [0.3, 0.4) is 0 Å². The van der Waals surface area contributed by atoms with Crippen LogP contribution >= 0.6 is 0 Å². The molecule has 0 fully saturated rings. The second-order valence-corrected chi connectivity index (χ2v) is 21.8. The van der Waals surface area contributed by atoms with Crippen LogP contribution in [-0.4, -0.2) is 12.6 Å². The Balaban J connectivity index is 1.01. The molecule has 0 unspecified atom stereocenters. The molecule has 0 aliphatic rings. The highest BCUT2D eigenvalue weighted by molar-refractivity contribution is 7.19. The predicted octanol–water partition coefficient (Wildman–Crippen LogP) is 15.5. The van der Waals surface area contributed by atoms with Gasteiger partial charge in [-0.2, -0.15) is 0 Å². The van der Waals surface area contributed by atoms with Crippen LogP contribution in [0.15, 0.2) is 284 Å². The first-order chi connectivity index (χ1) is 35.1. The van der Waals surface area contributed by atoms with Crippen molar-refractivity contribution in [3.05, 3.63) is 280 Å². The van der Waals surface area contributed by atoms with Crippen LogP contribution in [0.5, 0.6) is 0 Å². The van der Waals surface area contributed by atoms with E-state index >= 15 is 0 Å². The molecule has 338 valence electrons. The van der Waals surface area contributed by atoms with Crippen molar-refractivity contribution in [1.29, 1.82) is 0 Å². The maximum absolute atomic E-state index is 6.59. The number of benzene rings is 10. The molecule has 12 rings (SSSR count). The number of rotatable bonds is 12. The predicted molar refractivity (Wildman–Crippen MR) is 305 cm³/mol. The third kappa shape index (κ3) is 7.45. The zero-order chi connectivity index (χ0) is 47.7. The van der Waals surface area contributed by atoms with Crippen molar-refractivity contribution >= 4 is 95.3 Å². The van der Waals surface area contributed by atoms with Gasteiger partial charge in [-0.3, -0.25) is 0 Å². The molecule has 2 heterocycles. The number of hydrogen-bond donors (Lipinski definition) is 0. The Morgan fingerprint density at radius 3 is 1.69 bits per heavy atom. The van der Waals surface area contributed by atoms with Gasteiger partial charge in [0, 0.05) is 44.2 Å². The van der Waals surface area contributed by atoms with Gasteiger partial charge in [-0.1, -0.05) is 219 Å². The van der Waals surface area contributed by atoms with Crippen molar-refractivity contribution in [3.8, 4) is 22.3 Å². The first-order valence-corrected chi connectivity index (χ1v) is 26.3. The minimum absolute atomic E-state index is 0.887. The largest absolute Gasteiger partial charge is 0.455 e. The van der Waals surface area contributed by atoms with Gasteiger partial charge in [-0.15, -0.1) is 0 Å². The molecule has 0 radical (unpaired) electrons. The Kier molecular flexibility index (Phi) is 11.3. The number of nitrogens with zero attached hydrogens (tertiary/aromatic N) is 2. The van der Waals surface area contributed by atoms with Crippen molar-refractivity contribution in [1.82, 2.24) is 4.57 Å². The minimum Gasteiger partial charge on any atom is -0.455 e.